The number of piperidine rings is 1. The average molecular weight is 212 g/mol. The number of likely N-dealkylation sites (tertiary alicyclic amines) is 1. The SMILES string of the molecule is CCCNC1CCN(C(=O)CCC)CC1. The van der Waals surface area contributed by atoms with Crippen molar-refractivity contribution in [3.8, 4) is 0 Å². The third kappa shape index (κ3) is 4.20. The van der Waals surface area contributed by atoms with Crippen LogP contribution in [0.15, 0.2) is 0 Å². The molecule has 0 aromatic heterocycles. The minimum absolute atomic E-state index is 0.339. The molecule has 1 amide bonds. The molecular weight excluding hydrogens is 188 g/mol. The first-order chi connectivity index (χ1) is 7.27. The van der Waals surface area contributed by atoms with Crippen LogP contribution in [-0.2, 0) is 4.79 Å². The van der Waals surface area contributed by atoms with Crippen LogP contribution in [0.5, 0.6) is 0 Å². The first-order valence-electron chi connectivity index (χ1n) is 6.29. The number of rotatable bonds is 5. The second-order valence-corrected chi connectivity index (χ2v) is 4.36. The lowest BCUT2D eigenvalue weighted by molar-refractivity contribution is -0.132. The van der Waals surface area contributed by atoms with Crippen molar-refractivity contribution in [3.05, 3.63) is 0 Å². The maximum absolute atomic E-state index is 11.6. The Labute approximate surface area is 93.2 Å². The summed E-state index contributed by atoms with van der Waals surface area (Å²) in [5, 5.41) is 3.52. The fourth-order valence-corrected chi connectivity index (χ4v) is 2.05. The summed E-state index contributed by atoms with van der Waals surface area (Å²) in [5.74, 6) is 0.339. The molecule has 0 aromatic rings. The molecule has 0 unspecified atom stereocenters. The summed E-state index contributed by atoms with van der Waals surface area (Å²) in [4.78, 5) is 13.6. The highest BCUT2D eigenvalue weighted by Crippen LogP contribution is 2.11. The van der Waals surface area contributed by atoms with E-state index in [9.17, 15) is 4.79 Å². The molecule has 1 aliphatic heterocycles. The molecule has 3 nitrogen and oxygen atoms in total. The molecule has 0 radical (unpaired) electrons. The molecule has 3 heteroatoms. The normalized spacial score (nSPS) is 18.1. The van der Waals surface area contributed by atoms with Crippen LogP contribution in [0.1, 0.15) is 46.0 Å². The van der Waals surface area contributed by atoms with Crippen molar-refractivity contribution >= 4 is 5.91 Å². The van der Waals surface area contributed by atoms with Crippen molar-refractivity contribution < 1.29 is 4.79 Å². The van der Waals surface area contributed by atoms with Crippen LogP contribution in [-0.4, -0.2) is 36.5 Å². The average Bonchev–Trinajstić information content (AvgIpc) is 2.27. The van der Waals surface area contributed by atoms with Gasteiger partial charge in [-0.1, -0.05) is 13.8 Å². The van der Waals surface area contributed by atoms with Gasteiger partial charge in [-0.2, -0.15) is 0 Å². The second kappa shape index (κ2) is 6.83. The quantitative estimate of drug-likeness (QED) is 0.753. The number of amides is 1. The minimum atomic E-state index is 0.339. The van der Waals surface area contributed by atoms with E-state index in [-0.39, 0.29) is 0 Å². The summed E-state index contributed by atoms with van der Waals surface area (Å²) in [6, 6.07) is 0.635. The van der Waals surface area contributed by atoms with E-state index in [1.807, 2.05) is 4.90 Å². The standard InChI is InChI=1S/C12H24N2O/c1-3-5-12(15)14-9-6-11(7-10-14)13-8-4-2/h11,13H,3-10H2,1-2H3. The highest BCUT2D eigenvalue weighted by molar-refractivity contribution is 5.76. The fourth-order valence-electron chi connectivity index (χ4n) is 2.05. The smallest absolute Gasteiger partial charge is 0.222 e. The van der Waals surface area contributed by atoms with Gasteiger partial charge >= 0.3 is 0 Å². The van der Waals surface area contributed by atoms with E-state index in [1.165, 1.54) is 6.42 Å². The van der Waals surface area contributed by atoms with Gasteiger partial charge in [-0.15, -0.1) is 0 Å². The Balaban J connectivity index is 2.20. The van der Waals surface area contributed by atoms with E-state index in [0.717, 1.165) is 38.9 Å². The first kappa shape index (κ1) is 12.5. The van der Waals surface area contributed by atoms with Gasteiger partial charge in [0.05, 0.1) is 0 Å². The predicted octanol–water partition coefficient (Wildman–Crippen LogP) is 1.78. The second-order valence-electron chi connectivity index (χ2n) is 4.36. The van der Waals surface area contributed by atoms with Gasteiger partial charge in [0.1, 0.15) is 0 Å². The van der Waals surface area contributed by atoms with Crippen LogP contribution in [0.25, 0.3) is 0 Å². The van der Waals surface area contributed by atoms with Crippen molar-refractivity contribution in [1.29, 1.82) is 0 Å². The topological polar surface area (TPSA) is 32.3 Å². The van der Waals surface area contributed by atoms with Crippen LogP contribution in [0.3, 0.4) is 0 Å². The van der Waals surface area contributed by atoms with E-state index in [4.69, 9.17) is 0 Å². The number of hydrogen-bond acceptors (Lipinski definition) is 2. The molecule has 1 fully saturated rings. The highest BCUT2D eigenvalue weighted by Gasteiger charge is 2.21. The summed E-state index contributed by atoms with van der Waals surface area (Å²) in [6.45, 7) is 7.24. The monoisotopic (exact) mass is 212 g/mol. The molecule has 0 aliphatic carbocycles. The van der Waals surface area contributed by atoms with Crippen LogP contribution >= 0.6 is 0 Å². The number of nitrogens with one attached hydrogen (secondary N) is 1. The van der Waals surface area contributed by atoms with Gasteiger partial charge in [-0.25, -0.2) is 0 Å². The molecule has 1 heterocycles. The summed E-state index contributed by atoms with van der Waals surface area (Å²) < 4.78 is 0. The Morgan fingerprint density at radius 1 is 1.27 bits per heavy atom. The lowest BCUT2D eigenvalue weighted by Gasteiger charge is -2.32. The molecule has 1 N–H and O–H groups in total. The summed E-state index contributed by atoms with van der Waals surface area (Å²) in [5.41, 5.74) is 0. The van der Waals surface area contributed by atoms with Gasteiger partial charge < -0.3 is 10.2 Å². The number of nitrogens with zero attached hydrogens (tertiary/aromatic N) is 1. The molecule has 0 aromatic carbocycles. The molecule has 1 aliphatic rings. The zero-order valence-corrected chi connectivity index (χ0v) is 10.1. The fraction of sp³-hybridized carbons (Fsp3) is 0.917. The van der Waals surface area contributed by atoms with Crippen LogP contribution in [0.4, 0.5) is 0 Å². The molecule has 1 saturated heterocycles. The molecule has 0 atom stereocenters. The molecule has 0 bridgehead atoms. The van der Waals surface area contributed by atoms with E-state index >= 15 is 0 Å². The van der Waals surface area contributed by atoms with Crippen molar-refractivity contribution in [1.82, 2.24) is 10.2 Å². The molecule has 0 saturated carbocycles. The van der Waals surface area contributed by atoms with Crippen LogP contribution in [0.2, 0.25) is 0 Å². The van der Waals surface area contributed by atoms with Crippen molar-refractivity contribution in [3.63, 3.8) is 0 Å². The highest BCUT2D eigenvalue weighted by atomic mass is 16.2. The third-order valence-corrected chi connectivity index (χ3v) is 2.99. The number of carbonyl (C=O) groups excluding carboxylic acids is 1. The zero-order valence-electron chi connectivity index (χ0n) is 10.1. The molecule has 15 heavy (non-hydrogen) atoms. The molecule has 1 rings (SSSR count). The van der Waals surface area contributed by atoms with Gasteiger partial charge in [0, 0.05) is 25.6 Å². The van der Waals surface area contributed by atoms with Crippen LogP contribution < -0.4 is 5.32 Å². The first-order valence-corrected chi connectivity index (χ1v) is 6.29. The maximum atomic E-state index is 11.6. The van der Waals surface area contributed by atoms with Gasteiger partial charge in [-0.3, -0.25) is 4.79 Å². The Hall–Kier alpha value is -0.570. The van der Waals surface area contributed by atoms with Crippen molar-refractivity contribution in [2.24, 2.45) is 0 Å². The molecule has 0 spiro atoms. The molecular formula is C12H24N2O. The lowest BCUT2D eigenvalue weighted by Crippen LogP contribution is -2.45. The third-order valence-electron chi connectivity index (χ3n) is 2.99. The van der Waals surface area contributed by atoms with Crippen molar-refractivity contribution in [2.75, 3.05) is 19.6 Å². The lowest BCUT2D eigenvalue weighted by atomic mass is 10.0. The van der Waals surface area contributed by atoms with Gasteiger partial charge in [0.15, 0.2) is 0 Å². The van der Waals surface area contributed by atoms with E-state index in [2.05, 4.69) is 19.2 Å². The zero-order chi connectivity index (χ0) is 11.1. The largest absolute Gasteiger partial charge is 0.343 e. The van der Waals surface area contributed by atoms with Crippen LogP contribution in [0, 0.1) is 0 Å². The Kier molecular flexibility index (Phi) is 5.69. The maximum Gasteiger partial charge on any atom is 0.222 e. The summed E-state index contributed by atoms with van der Waals surface area (Å²) in [7, 11) is 0. The summed E-state index contributed by atoms with van der Waals surface area (Å²) >= 11 is 0. The van der Waals surface area contributed by atoms with Gasteiger partial charge in [-0.05, 0) is 32.2 Å². The molecule has 88 valence electrons. The predicted molar refractivity (Wildman–Crippen MR) is 62.8 cm³/mol. The van der Waals surface area contributed by atoms with Gasteiger partial charge in [0.2, 0.25) is 5.91 Å². The minimum Gasteiger partial charge on any atom is -0.343 e. The van der Waals surface area contributed by atoms with Crippen molar-refractivity contribution in [2.45, 2.75) is 52.0 Å². The number of carbonyl (C=O) groups is 1. The van der Waals surface area contributed by atoms with E-state index in [0.29, 0.717) is 18.4 Å². The summed E-state index contributed by atoms with van der Waals surface area (Å²) in [6.07, 6.45) is 5.11. The van der Waals surface area contributed by atoms with E-state index in [1.54, 1.807) is 0 Å². The Morgan fingerprint density at radius 2 is 1.93 bits per heavy atom. The Bertz CT molecular complexity index is 186. The number of hydrogen-bond donors (Lipinski definition) is 1. The van der Waals surface area contributed by atoms with E-state index < -0.39 is 0 Å². The van der Waals surface area contributed by atoms with Gasteiger partial charge in [0.25, 0.3) is 0 Å². The Morgan fingerprint density at radius 3 is 2.47 bits per heavy atom.